The molecule has 0 radical (unpaired) electrons. The largest absolute Gasteiger partial charge is 0.485 e. The normalized spacial score (nSPS) is 11.4. The lowest BCUT2D eigenvalue weighted by molar-refractivity contribution is 0.306. The highest BCUT2D eigenvalue weighted by molar-refractivity contribution is 5.81. The molecule has 0 fully saturated rings. The Morgan fingerprint density at radius 3 is 2.86 bits per heavy atom. The van der Waals surface area contributed by atoms with E-state index in [4.69, 9.17) is 15.7 Å². The van der Waals surface area contributed by atoms with E-state index in [-0.39, 0.29) is 12.4 Å². The lowest BCUT2D eigenvalue weighted by Crippen LogP contribution is -2.21. The number of hydrogen-bond acceptors (Lipinski definition) is 3. The van der Waals surface area contributed by atoms with Crippen LogP contribution < -0.4 is 10.5 Å². The first-order chi connectivity index (χ1) is 6.65. The fourth-order valence-electron chi connectivity index (χ4n) is 1.06. The van der Waals surface area contributed by atoms with Crippen LogP contribution in [0.1, 0.15) is 11.1 Å². The minimum Gasteiger partial charge on any atom is -0.485 e. The third-order valence-electron chi connectivity index (χ3n) is 2.06. The lowest BCUT2D eigenvalue weighted by Gasteiger charge is -2.09. The highest BCUT2D eigenvalue weighted by atomic mass is 16.5. The third-order valence-corrected chi connectivity index (χ3v) is 2.06. The van der Waals surface area contributed by atoms with Crippen LogP contribution in [0.3, 0.4) is 0 Å². The van der Waals surface area contributed by atoms with Crippen LogP contribution in [0.2, 0.25) is 0 Å². The number of rotatable bonds is 3. The zero-order valence-corrected chi connectivity index (χ0v) is 8.32. The van der Waals surface area contributed by atoms with Gasteiger partial charge in [0.15, 0.2) is 5.84 Å². The van der Waals surface area contributed by atoms with E-state index in [1.165, 1.54) is 0 Å². The molecule has 0 unspecified atom stereocenters. The molecule has 0 bridgehead atoms. The number of nitrogens with zero attached hydrogens (tertiary/aromatic N) is 1. The smallest absolute Gasteiger partial charge is 0.177 e. The van der Waals surface area contributed by atoms with E-state index in [1.807, 2.05) is 32.0 Å². The molecular weight excluding hydrogens is 180 g/mol. The number of ether oxygens (including phenoxy) is 1. The van der Waals surface area contributed by atoms with Gasteiger partial charge in [0.1, 0.15) is 12.4 Å². The van der Waals surface area contributed by atoms with Crippen LogP contribution in [0.5, 0.6) is 5.75 Å². The number of benzene rings is 1. The Morgan fingerprint density at radius 2 is 2.21 bits per heavy atom. The summed E-state index contributed by atoms with van der Waals surface area (Å²) < 4.78 is 5.35. The van der Waals surface area contributed by atoms with Gasteiger partial charge in [-0.3, -0.25) is 0 Å². The Bertz CT molecular complexity index is 348. The average molecular weight is 194 g/mol. The standard InChI is InChI=1S/C10H14N2O2/c1-7-4-3-5-9(8(7)2)14-6-10(11)12-13/h3-5,13H,6H2,1-2H3,(H2,11,12). The molecule has 4 heteroatoms. The summed E-state index contributed by atoms with van der Waals surface area (Å²) in [6, 6.07) is 5.77. The fourth-order valence-corrected chi connectivity index (χ4v) is 1.06. The minimum atomic E-state index is 0.0610. The molecule has 0 saturated heterocycles. The van der Waals surface area contributed by atoms with E-state index >= 15 is 0 Å². The van der Waals surface area contributed by atoms with Gasteiger partial charge in [0, 0.05) is 0 Å². The second-order valence-electron chi connectivity index (χ2n) is 3.08. The van der Waals surface area contributed by atoms with Crippen LogP contribution in [0.15, 0.2) is 23.4 Å². The number of hydrogen-bond donors (Lipinski definition) is 2. The van der Waals surface area contributed by atoms with Crippen LogP contribution in [-0.4, -0.2) is 17.6 Å². The molecule has 14 heavy (non-hydrogen) atoms. The van der Waals surface area contributed by atoms with Crippen molar-refractivity contribution in [3.8, 4) is 5.75 Å². The Hall–Kier alpha value is -1.71. The Labute approximate surface area is 83.0 Å². The summed E-state index contributed by atoms with van der Waals surface area (Å²) in [4.78, 5) is 0. The van der Waals surface area contributed by atoms with Gasteiger partial charge in [-0.15, -0.1) is 0 Å². The highest BCUT2D eigenvalue weighted by Gasteiger charge is 2.02. The van der Waals surface area contributed by atoms with Gasteiger partial charge in [0.25, 0.3) is 0 Å². The number of nitrogens with two attached hydrogens (primary N) is 1. The predicted octanol–water partition coefficient (Wildman–Crippen LogP) is 1.43. The quantitative estimate of drug-likeness (QED) is 0.331. The van der Waals surface area contributed by atoms with Gasteiger partial charge in [-0.1, -0.05) is 17.3 Å². The van der Waals surface area contributed by atoms with E-state index in [0.717, 1.165) is 16.9 Å². The van der Waals surface area contributed by atoms with E-state index < -0.39 is 0 Å². The zero-order valence-electron chi connectivity index (χ0n) is 8.32. The summed E-state index contributed by atoms with van der Waals surface area (Å²) in [5, 5.41) is 11.1. The van der Waals surface area contributed by atoms with Crippen molar-refractivity contribution in [2.75, 3.05) is 6.61 Å². The van der Waals surface area contributed by atoms with Crippen LogP contribution in [0, 0.1) is 13.8 Å². The first kappa shape index (κ1) is 10.4. The summed E-state index contributed by atoms with van der Waals surface area (Å²) in [6.45, 7) is 4.07. The summed E-state index contributed by atoms with van der Waals surface area (Å²) in [5.74, 6) is 0.822. The van der Waals surface area contributed by atoms with Crippen LogP contribution >= 0.6 is 0 Å². The van der Waals surface area contributed by atoms with Crippen molar-refractivity contribution in [1.29, 1.82) is 0 Å². The Balaban J connectivity index is 2.73. The van der Waals surface area contributed by atoms with Crippen molar-refractivity contribution >= 4 is 5.84 Å². The summed E-state index contributed by atoms with van der Waals surface area (Å²) in [6.07, 6.45) is 0. The van der Waals surface area contributed by atoms with Gasteiger partial charge < -0.3 is 15.7 Å². The average Bonchev–Trinajstić information content (AvgIpc) is 2.20. The van der Waals surface area contributed by atoms with Crippen LogP contribution in [-0.2, 0) is 0 Å². The van der Waals surface area contributed by atoms with Crippen LogP contribution in [0.25, 0.3) is 0 Å². The van der Waals surface area contributed by atoms with E-state index in [0.29, 0.717) is 0 Å². The number of aryl methyl sites for hydroxylation is 1. The first-order valence-electron chi connectivity index (χ1n) is 4.30. The Morgan fingerprint density at radius 1 is 1.50 bits per heavy atom. The molecule has 0 heterocycles. The van der Waals surface area contributed by atoms with Gasteiger partial charge >= 0.3 is 0 Å². The minimum absolute atomic E-state index is 0.0610. The summed E-state index contributed by atoms with van der Waals surface area (Å²) in [7, 11) is 0. The van der Waals surface area contributed by atoms with Crippen molar-refractivity contribution in [3.05, 3.63) is 29.3 Å². The number of oxime groups is 1. The van der Waals surface area contributed by atoms with E-state index in [2.05, 4.69) is 5.16 Å². The monoisotopic (exact) mass is 194 g/mol. The topological polar surface area (TPSA) is 67.8 Å². The maximum absolute atomic E-state index is 8.32. The molecule has 3 N–H and O–H groups in total. The second-order valence-corrected chi connectivity index (χ2v) is 3.08. The molecule has 0 amide bonds. The van der Waals surface area contributed by atoms with E-state index in [9.17, 15) is 0 Å². The van der Waals surface area contributed by atoms with Gasteiger partial charge in [0.2, 0.25) is 0 Å². The molecule has 1 rings (SSSR count). The van der Waals surface area contributed by atoms with Gasteiger partial charge in [0.05, 0.1) is 0 Å². The van der Waals surface area contributed by atoms with Crippen molar-refractivity contribution < 1.29 is 9.94 Å². The molecule has 0 aliphatic carbocycles. The number of amidine groups is 1. The molecule has 1 aromatic carbocycles. The van der Waals surface area contributed by atoms with Gasteiger partial charge in [-0.25, -0.2) is 0 Å². The molecule has 0 aromatic heterocycles. The van der Waals surface area contributed by atoms with Crippen molar-refractivity contribution in [2.45, 2.75) is 13.8 Å². The highest BCUT2D eigenvalue weighted by Crippen LogP contribution is 2.20. The predicted molar refractivity (Wildman–Crippen MR) is 54.8 cm³/mol. The molecule has 0 aliphatic heterocycles. The molecule has 0 aliphatic rings. The maximum Gasteiger partial charge on any atom is 0.177 e. The zero-order chi connectivity index (χ0) is 10.6. The van der Waals surface area contributed by atoms with Crippen molar-refractivity contribution in [1.82, 2.24) is 0 Å². The lowest BCUT2D eigenvalue weighted by atomic mass is 10.1. The molecule has 0 atom stereocenters. The maximum atomic E-state index is 8.32. The summed E-state index contributed by atoms with van der Waals surface area (Å²) in [5.41, 5.74) is 7.51. The fraction of sp³-hybridized carbons (Fsp3) is 0.300. The summed E-state index contributed by atoms with van der Waals surface area (Å²) >= 11 is 0. The van der Waals surface area contributed by atoms with Crippen molar-refractivity contribution in [2.24, 2.45) is 10.9 Å². The molecular formula is C10H14N2O2. The molecule has 0 spiro atoms. The van der Waals surface area contributed by atoms with Gasteiger partial charge in [-0.2, -0.15) is 0 Å². The SMILES string of the molecule is Cc1cccc(OC/C(N)=N/O)c1C. The van der Waals surface area contributed by atoms with Crippen LogP contribution in [0.4, 0.5) is 0 Å². The van der Waals surface area contributed by atoms with Crippen molar-refractivity contribution in [3.63, 3.8) is 0 Å². The third kappa shape index (κ3) is 2.39. The molecule has 1 aromatic rings. The molecule has 0 saturated carbocycles. The Kier molecular flexibility index (Phi) is 3.34. The molecule has 4 nitrogen and oxygen atoms in total. The first-order valence-corrected chi connectivity index (χ1v) is 4.30. The van der Waals surface area contributed by atoms with E-state index in [1.54, 1.807) is 0 Å². The molecule has 76 valence electrons. The second kappa shape index (κ2) is 4.50. The van der Waals surface area contributed by atoms with Gasteiger partial charge in [-0.05, 0) is 31.0 Å².